The topological polar surface area (TPSA) is 55.9 Å². The third-order valence-corrected chi connectivity index (χ3v) is 7.83. The van der Waals surface area contributed by atoms with Gasteiger partial charge in [-0.05, 0) is 38.5 Å². The molecule has 4 heteroatoms. The van der Waals surface area contributed by atoms with Crippen molar-refractivity contribution >= 4 is 11.6 Å². The molecule has 3 rings (SSSR count). The van der Waals surface area contributed by atoms with Gasteiger partial charge >= 0.3 is 0 Å². The van der Waals surface area contributed by atoms with Crippen LogP contribution >= 0.6 is 0 Å². The van der Waals surface area contributed by atoms with E-state index in [9.17, 15) is 9.59 Å². The maximum Gasteiger partial charge on any atom is 0.168 e. The number of Topliss-reactive ketones (excluding diaryl/α,β-unsaturated/α-hetero) is 2. The van der Waals surface area contributed by atoms with Crippen molar-refractivity contribution in [2.45, 2.75) is 83.5 Å². The number of allylic oxidation sites excluding steroid dienone is 1. The average Bonchev–Trinajstić information content (AvgIpc) is 3.24. The summed E-state index contributed by atoms with van der Waals surface area (Å²) < 4.78 is 12.2. The second-order valence-corrected chi connectivity index (χ2v) is 8.75. The zero-order valence-corrected chi connectivity index (χ0v) is 16.3. The third-order valence-electron chi connectivity index (χ3n) is 7.83. The molecule has 0 radical (unpaired) electrons. The van der Waals surface area contributed by atoms with Gasteiger partial charge in [-0.3, -0.25) is 9.59 Å². The Morgan fingerprint density at radius 2 is 2.20 bits per heavy atom. The summed E-state index contributed by atoms with van der Waals surface area (Å²) in [5, 5.41) is 0. The number of methoxy groups -OCH3 is 1. The number of carbonyl (C=O) groups excluding carboxylic acids is 2. The van der Waals surface area contributed by atoms with Crippen molar-refractivity contribution in [3.05, 3.63) is 12.7 Å². The molecule has 0 aromatic carbocycles. The van der Waals surface area contributed by atoms with E-state index in [1.165, 1.54) is 0 Å². The lowest BCUT2D eigenvalue weighted by Crippen LogP contribution is -2.59. The maximum absolute atomic E-state index is 12.9. The van der Waals surface area contributed by atoms with E-state index in [-0.39, 0.29) is 23.3 Å². The first-order valence-corrected chi connectivity index (χ1v) is 9.60. The molecular formula is C21H32O4. The minimum Gasteiger partial charge on any atom is -0.381 e. The van der Waals surface area contributed by atoms with E-state index >= 15 is 0 Å². The van der Waals surface area contributed by atoms with Gasteiger partial charge in [0.05, 0.1) is 6.10 Å². The molecule has 3 aliphatic rings. The van der Waals surface area contributed by atoms with Crippen LogP contribution < -0.4 is 0 Å². The van der Waals surface area contributed by atoms with Gasteiger partial charge in [0.15, 0.2) is 11.4 Å². The monoisotopic (exact) mass is 348 g/mol. The number of ether oxygens (including phenoxy) is 2. The Balaban J connectivity index is 2.00. The molecule has 0 spiro atoms. The smallest absolute Gasteiger partial charge is 0.168 e. The minimum atomic E-state index is -0.713. The highest BCUT2D eigenvalue weighted by Crippen LogP contribution is 2.74. The Kier molecular flexibility index (Phi) is 4.32. The first kappa shape index (κ1) is 18.8. The zero-order valence-electron chi connectivity index (χ0n) is 16.3. The van der Waals surface area contributed by atoms with Gasteiger partial charge < -0.3 is 9.47 Å². The van der Waals surface area contributed by atoms with Crippen molar-refractivity contribution in [3.63, 3.8) is 0 Å². The standard InChI is InChI=1S/C21H32O4/c1-7-15(22)18(4,8-2)13-17(24-6)19(5)14(3)9-11-20-12-10-16(23)21(19,20)25-20/h8,14,17H,2,7,9-13H2,1,3-6H3/t14-,17-,18-,19+,20-,21-/m1/s1. The van der Waals surface area contributed by atoms with Gasteiger partial charge in [0.25, 0.3) is 0 Å². The highest BCUT2D eigenvalue weighted by Gasteiger charge is 2.86. The Hall–Kier alpha value is -1.00. The fourth-order valence-corrected chi connectivity index (χ4v) is 5.83. The first-order valence-electron chi connectivity index (χ1n) is 9.60. The van der Waals surface area contributed by atoms with Gasteiger partial charge in [0, 0.05) is 30.8 Å². The third kappa shape index (κ3) is 2.13. The number of ketones is 2. The number of epoxide rings is 1. The van der Waals surface area contributed by atoms with Crippen LogP contribution in [0, 0.1) is 16.7 Å². The molecule has 0 amide bonds. The lowest BCUT2D eigenvalue weighted by atomic mass is 9.54. The highest BCUT2D eigenvalue weighted by molar-refractivity contribution is 5.96. The zero-order chi connectivity index (χ0) is 18.7. The van der Waals surface area contributed by atoms with E-state index in [1.54, 1.807) is 13.2 Å². The Labute approximate surface area is 151 Å². The number of carbonyl (C=O) groups is 2. The van der Waals surface area contributed by atoms with Crippen LogP contribution in [0.4, 0.5) is 0 Å². The average molecular weight is 348 g/mol. The Morgan fingerprint density at radius 1 is 1.52 bits per heavy atom. The summed E-state index contributed by atoms with van der Waals surface area (Å²) in [5.74, 6) is 0.682. The molecule has 1 heterocycles. The molecule has 0 aromatic heterocycles. The normalized spacial score (nSPS) is 42.9. The largest absolute Gasteiger partial charge is 0.381 e. The van der Waals surface area contributed by atoms with E-state index in [1.807, 2.05) is 13.8 Å². The SMILES string of the molecule is C=C[C@](C)(C[C@@H](OC)[C@]1(C)[C@H](C)CC[C@@]23CCC(=O)[C@]21O3)C(=O)CC. The van der Waals surface area contributed by atoms with Crippen LogP contribution in [0.25, 0.3) is 0 Å². The molecule has 6 atom stereocenters. The first-order chi connectivity index (χ1) is 11.7. The molecule has 0 aromatic rings. The van der Waals surface area contributed by atoms with Gasteiger partial charge in [0.1, 0.15) is 11.4 Å². The van der Waals surface area contributed by atoms with Gasteiger partial charge in [0.2, 0.25) is 0 Å². The summed E-state index contributed by atoms with van der Waals surface area (Å²) in [6, 6.07) is 0. The molecule has 140 valence electrons. The predicted octanol–water partition coefficient (Wildman–Crippen LogP) is 3.87. The molecule has 25 heavy (non-hydrogen) atoms. The van der Waals surface area contributed by atoms with E-state index < -0.39 is 16.4 Å². The summed E-state index contributed by atoms with van der Waals surface area (Å²) in [6.07, 6.45) is 5.94. The number of rotatable bonds is 7. The second kappa shape index (κ2) is 5.75. The van der Waals surface area contributed by atoms with Crippen molar-refractivity contribution in [1.82, 2.24) is 0 Å². The summed E-state index contributed by atoms with van der Waals surface area (Å²) in [4.78, 5) is 25.4. The van der Waals surface area contributed by atoms with Crippen LogP contribution in [0.5, 0.6) is 0 Å². The fraction of sp³-hybridized carbons (Fsp3) is 0.810. The molecule has 2 saturated carbocycles. The molecule has 0 N–H and O–H groups in total. The van der Waals surface area contributed by atoms with Crippen LogP contribution in [-0.2, 0) is 19.1 Å². The van der Waals surface area contributed by atoms with Gasteiger partial charge in [-0.1, -0.05) is 26.8 Å². The molecule has 1 aliphatic heterocycles. The van der Waals surface area contributed by atoms with E-state index in [2.05, 4.69) is 20.4 Å². The summed E-state index contributed by atoms with van der Waals surface area (Å²) in [5.41, 5.74) is -2.06. The lowest BCUT2D eigenvalue weighted by Gasteiger charge is -2.49. The van der Waals surface area contributed by atoms with Gasteiger partial charge in [-0.2, -0.15) is 0 Å². The highest BCUT2D eigenvalue weighted by atomic mass is 16.6. The van der Waals surface area contributed by atoms with Crippen molar-refractivity contribution in [3.8, 4) is 0 Å². The van der Waals surface area contributed by atoms with E-state index in [0.29, 0.717) is 25.2 Å². The van der Waals surface area contributed by atoms with Gasteiger partial charge in [-0.15, -0.1) is 6.58 Å². The molecular weight excluding hydrogens is 316 g/mol. The second-order valence-electron chi connectivity index (χ2n) is 8.75. The predicted molar refractivity (Wildman–Crippen MR) is 96.3 cm³/mol. The van der Waals surface area contributed by atoms with Crippen LogP contribution in [0.1, 0.15) is 66.2 Å². The van der Waals surface area contributed by atoms with Crippen molar-refractivity contribution in [1.29, 1.82) is 0 Å². The lowest BCUT2D eigenvalue weighted by molar-refractivity contribution is -0.145. The maximum atomic E-state index is 12.9. The van der Waals surface area contributed by atoms with E-state index in [0.717, 1.165) is 19.3 Å². The summed E-state index contributed by atoms with van der Waals surface area (Å²) in [6.45, 7) is 12.1. The quantitative estimate of drug-likeness (QED) is 0.518. The minimum absolute atomic E-state index is 0.162. The Bertz CT molecular complexity index is 613. The molecule has 0 bridgehead atoms. The summed E-state index contributed by atoms with van der Waals surface area (Å²) >= 11 is 0. The van der Waals surface area contributed by atoms with Crippen LogP contribution in [-0.4, -0.2) is 36.0 Å². The molecule has 4 nitrogen and oxygen atoms in total. The number of hydrogen-bond donors (Lipinski definition) is 0. The fourth-order valence-electron chi connectivity index (χ4n) is 5.83. The number of hydrogen-bond acceptors (Lipinski definition) is 4. The van der Waals surface area contributed by atoms with Gasteiger partial charge in [-0.25, -0.2) is 0 Å². The summed E-state index contributed by atoms with van der Waals surface area (Å²) in [7, 11) is 1.69. The molecule has 1 saturated heterocycles. The van der Waals surface area contributed by atoms with Crippen LogP contribution in [0.2, 0.25) is 0 Å². The molecule has 2 aliphatic carbocycles. The molecule has 0 unspecified atom stereocenters. The van der Waals surface area contributed by atoms with E-state index in [4.69, 9.17) is 9.47 Å². The van der Waals surface area contributed by atoms with Crippen molar-refractivity contribution in [2.75, 3.05) is 7.11 Å². The van der Waals surface area contributed by atoms with Crippen LogP contribution in [0.15, 0.2) is 12.7 Å². The molecule has 3 fully saturated rings. The van der Waals surface area contributed by atoms with Crippen LogP contribution in [0.3, 0.4) is 0 Å². The Morgan fingerprint density at radius 3 is 2.76 bits per heavy atom. The van der Waals surface area contributed by atoms with Crippen molar-refractivity contribution in [2.24, 2.45) is 16.7 Å². The van der Waals surface area contributed by atoms with Crippen molar-refractivity contribution < 1.29 is 19.1 Å².